The highest BCUT2D eigenvalue weighted by Gasteiger charge is 2.17. The van der Waals surface area contributed by atoms with Crippen molar-refractivity contribution in [1.29, 1.82) is 0 Å². The van der Waals surface area contributed by atoms with Crippen LogP contribution in [0, 0.1) is 5.82 Å². The maximum atomic E-state index is 13.3. The minimum absolute atomic E-state index is 0.0283. The summed E-state index contributed by atoms with van der Waals surface area (Å²) in [6.45, 7) is 0. The van der Waals surface area contributed by atoms with Crippen LogP contribution in [-0.4, -0.2) is 20.6 Å². The Morgan fingerprint density at radius 3 is 2.62 bits per heavy atom. The van der Waals surface area contributed by atoms with E-state index in [0.717, 1.165) is 12.1 Å². The maximum absolute atomic E-state index is 13.3. The molecule has 0 aromatic heterocycles. The molecule has 1 aromatic rings. The lowest BCUT2D eigenvalue weighted by molar-refractivity contribution is 0.562. The van der Waals surface area contributed by atoms with Gasteiger partial charge in [0.05, 0.1) is 0 Å². The van der Waals surface area contributed by atoms with E-state index in [1.807, 2.05) is 4.72 Å². The van der Waals surface area contributed by atoms with Crippen LogP contribution in [0.1, 0.15) is 0 Å². The highest BCUT2D eigenvalue weighted by Crippen LogP contribution is 2.19. The zero-order chi connectivity index (χ0) is 12.3. The van der Waals surface area contributed by atoms with E-state index < -0.39 is 20.7 Å². The van der Waals surface area contributed by atoms with Gasteiger partial charge >= 0.3 is 0 Å². The first-order valence-electron chi connectivity index (χ1n) is 4.16. The van der Waals surface area contributed by atoms with Crippen molar-refractivity contribution in [2.24, 2.45) is 5.73 Å². The molecule has 0 saturated carbocycles. The fraction of sp³-hybridized carbons (Fsp3) is 0.125. The van der Waals surface area contributed by atoms with E-state index >= 15 is 0 Å². The Morgan fingerprint density at radius 1 is 1.50 bits per heavy atom. The van der Waals surface area contributed by atoms with Crippen LogP contribution in [-0.2, 0) is 10.0 Å². The summed E-state index contributed by atoms with van der Waals surface area (Å²) in [5.74, 6) is -0.845. The summed E-state index contributed by atoms with van der Waals surface area (Å²) in [4.78, 5) is -0.462. The van der Waals surface area contributed by atoms with E-state index in [1.165, 1.54) is 13.1 Å². The molecule has 0 radical (unpaired) electrons. The minimum Gasteiger partial charge on any atom is -0.376 e. The van der Waals surface area contributed by atoms with Gasteiger partial charge in [0.2, 0.25) is 10.0 Å². The van der Waals surface area contributed by atoms with Crippen LogP contribution in [0.3, 0.4) is 0 Å². The molecule has 0 fully saturated rings. The van der Waals surface area contributed by atoms with Crippen LogP contribution in [0.2, 0.25) is 0 Å². The second-order valence-electron chi connectivity index (χ2n) is 2.84. The Labute approximate surface area is 97.9 Å². The smallest absolute Gasteiger partial charge is 0.243 e. The van der Waals surface area contributed by atoms with Gasteiger partial charge in [-0.1, -0.05) is 0 Å². The third kappa shape index (κ3) is 2.87. The molecule has 0 amide bonds. The van der Waals surface area contributed by atoms with Crippen molar-refractivity contribution in [1.82, 2.24) is 4.72 Å². The Kier molecular flexibility index (Phi) is 3.79. The number of sulfonamides is 1. The van der Waals surface area contributed by atoms with Crippen molar-refractivity contribution in [3.63, 3.8) is 0 Å². The number of hydrogen-bond donors (Lipinski definition) is 3. The van der Waals surface area contributed by atoms with Crippen LogP contribution >= 0.6 is 12.2 Å². The Morgan fingerprint density at radius 2 is 2.12 bits per heavy atom. The molecule has 8 heteroatoms. The molecule has 0 bridgehead atoms. The van der Waals surface area contributed by atoms with Gasteiger partial charge in [0.15, 0.2) is 5.11 Å². The number of nitrogens with one attached hydrogen (secondary N) is 2. The van der Waals surface area contributed by atoms with E-state index in [2.05, 4.69) is 17.5 Å². The van der Waals surface area contributed by atoms with Crippen molar-refractivity contribution in [3.8, 4) is 0 Å². The lowest BCUT2D eigenvalue weighted by atomic mass is 10.3. The van der Waals surface area contributed by atoms with Gasteiger partial charge in [-0.2, -0.15) is 0 Å². The zero-order valence-electron chi connectivity index (χ0n) is 8.32. The summed E-state index contributed by atoms with van der Waals surface area (Å²) < 4.78 is 38.1. The van der Waals surface area contributed by atoms with E-state index in [0.29, 0.717) is 5.69 Å². The van der Waals surface area contributed by atoms with Crippen LogP contribution in [0.15, 0.2) is 23.1 Å². The van der Waals surface area contributed by atoms with Gasteiger partial charge in [0.1, 0.15) is 10.7 Å². The average Bonchev–Trinajstić information content (AvgIpc) is 2.20. The first-order chi connectivity index (χ1) is 7.36. The molecule has 1 rings (SSSR count). The van der Waals surface area contributed by atoms with E-state index in [1.54, 1.807) is 0 Å². The Balaban J connectivity index is 3.24. The fourth-order valence-electron chi connectivity index (χ4n) is 1.04. The summed E-state index contributed by atoms with van der Waals surface area (Å²) in [5.41, 5.74) is 5.52. The summed E-state index contributed by atoms with van der Waals surface area (Å²) in [6, 6.07) is 3.47. The first-order valence-corrected chi connectivity index (χ1v) is 6.05. The minimum atomic E-state index is -3.84. The van der Waals surface area contributed by atoms with Crippen LogP contribution < -0.4 is 15.8 Å². The van der Waals surface area contributed by atoms with Gasteiger partial charge in [-0.05, 0) is 37.5 Å². The SMILES string of the molecule is CNS(=O)(=O)c1cc(NC(N)=S)ccc1F. The molecule has 16 heavy (non-hydrogen) atoms. The van der Waals surface area contributed by atoms with Gasteiger partial charge in [0, 0.05) is 5.69 Å². The number of halogens is 1. The Hall–Kier alpha value is -1.25. The predicted octanol–water partition coefficient (Wildman–Crippen LogP) is 0.389. The molecule has 0 heterocycles. The molecular weight excluding hydrogens is 253 g/mol. The number of nitrogens with two attached hydrogens (primary N) is 1. The second kappa shape index (κ2) is 4.73. The molecule has 0 saturated heterocycles. The number of benzene rings is 1. The van der Waals surface area contributed by atoms with Crippen molar-refractivity contribution in [2.45, 2.75) is 4.90 Å². The summed E-state index contributed by atoms with van der Waals surface area (Å²) in [6.07, 6.45) is 0. The van der Waals surface area contributed by atoms with Gasteiger partial charge in [-0.15, -0.1) is 0 Å². The number of rotatable bonds is 3. The second-order valence-corrected chi connectivity index (χ2v) is 5.14. The molecule has 0 aliphatic rings. The van der Waals surface area contributed by atoms with Crippen molar-refractivity contribution in [2.75, 3.05) is 12.4 Å². The molecular formula is C8H10FN3O2S2. The summed E-state index contributed by atoms with van der Waals surface area (Å²) >= 11 is 4.58. The van der Waals surface area contributed by atoms with Crippen molar-refractivity contribution < 1.29 is 12.8 Å². The van der Waals surface area contributed by atoms with E-state index in [9.17, 15) is 12.8 Å². The summed E-state index contributed by atoms with van der Waals surface area (Å²) in [5, 5.41) is 2.49. The van der Waals surface area contributed by atoms with Gasteiger partial charge in [0.25, 0.3) is 0 Å². The number of hydrogen-bond acceptors (Lipinski definition) is 3. The Bertz CT molecular complexity index is 516. The average molecular weight is 263 g/mol. The molecule has 0 atom stereocenters. The van der Waals surface area contributed by atoms with Crippen molar-refractivity contribution >= 4 is 33.0 Å². The molecule has 1 aromatic carbocycles. The predicted molar refractivity (Wildman–Crippen MR) is 63.1 cm³/mol. The molecule has 0 aliphatic carbocycles. The lowest BCUT2D eigenvalue weighted by Crippen LogP contribution is -2.22. The molecule has 0 unspecified atom stereocenters. The van der Waals surface area contributed by atoms with Crippen LogP contribution in [0.25, 0.3) is 0 Å². The fourth-order valence-corrected chi connectivity index (χ4v) is 1.98. The monoisotopic (exact) mass is 263 g/mol. The molecule has 0 aliphatic heterocycles. The third-order valence-corrected chi connectivity index (χ3v) is 3.29. The topological polar surface area (TPSA) is 84.2 Å². The number of anilines is 1. The zero-order valence-corrected chi connectivity index (χ0v) is 9.95. The molecule has 4 N–H and O–H groups in total. The standard InChI is InChI=1S/C8H10FN3O2S2/c1-11-16(13,14)7-4-5(12-8(10)15)2-3-6(7)9/h2-4,11H,1H3,(H3,10,12,15). The van der Waals surface area contributed by atoms with Crippen LogP contribution in [0.5, 0.6) is 0 Å². The van der Waals surface area contributed by atoms with Gasteiger partial charge in [-0.25, -0.2) is 17.5 Å². The first kappa shape index (κ1) is 12.8. The maximum Gasteiger partial charge on any atom is 0.243 e. The quantitative estimate of drug-likeness (QED) is 0.687. The molecule has 5 nitrogen and oxygen atoms in total. The van der Waals surface area contributed by atoms with Gasteiger partial charge < -0.3 is 11.1 Å². The normalized spacial score (nSPS) is 11.1. The summed E-state index contributed by atoms with van der Waals surface area (Å²) in [7, 11) is -2.64. The van der Waals surface area contributed by atoms with Crippen LogP contribution in [0.4, 0.5) is 10.1 Å². The molecule has 88 valence electrons. The van der Waals surface area contributed by atoms with Crippen molar-refractivity contribution in [3.05, 3.63) is 24.0 Å². The van der Waals surface area contributed by atoms with E-state index in [-0.39, 0.29) is 5.11 Å². The lowest BCUT2D eigenvalue weighted by Gasteiger charge is -2.08. The third-order valence-electron chi connectivity index (χ3n) is 1.76. The highest BCUT2D eigenvalue weighted by atomic mass is 32.2. The van der Waals surface area contributed by atoms with Gasteiger partial charge in [-0.3, -0.25) is 0 Å². The van der Waals surface area contributed by atoms with E-state index in [4.69, 9.17) is 5.73 Å². The number of thiocarbonyl (C=S) groups is 1. The molecule has 0 spiro atoms. The largest absolute Gasteiger partial charge is 0.376 e. The highest BCUT2D eigenvalue weighted by molar-refractivity contribution is 7.89.